The molecule has 2 aromatic rings. The first kappa shape index (κ1) is 15.5. The number of aromatic nitrogens is 2. The Kier molecular flexibility index (Phi) is 5.33. The molecule has 0 saturated carbocycles. The minimum Gasteiger partial charge on any atom is -0.421 e. The van der Waals surface area contributed by atoms with E-state index in [0.717, 1.165) is 0 Å². The van der Waals surface area contributed by atoms with Crippen LogP contribution >= 0.6 is 11.6 Å². The number of hydrogen-bond acceptors (Lipinski definition) is 4. The largest absolute Gasteiger partial charge is 0.421 e. The van der Waals surface area contributed by atoms with Crippen LogP contribution < -0.4 is 5.32 Å². The molecule has 112 valence electrons. The fourth-order valence-corrected chi connectivity index (χ4v) is 1.94. The predicted molar refractivity (Wildman–Crippen MR) is 80.9 cm³/mol. The molecule has 0 fully saturated rings. The molecule has 0 aliphatic carbocycles. The summed E-state index contributed by atoms with van der Waals surface area (Å²) in [7, 11) is 0. The summed E-state index contributed by atoms with van der Waals surface area (Å²) in [5, 5.41) is 11.3. The summed E-state index contributed by atoms with van der Waals surface area (Å²) >= 11 is 6.07. The standard InChI is InChI=1S/C15H18ClN3O2/c1-10(2)9-17-13(20)7-8-14-18-19-15(21-14)11-5-3-4-6-12(11)16/h3-6,10H,7-9H2,1-2H3,(H,17,20). The van der Waals surface area contributed by atoms with Gasteiger partial charge in [0.1, 0.15) is 0 Å². The van der Waals surface area contributed by atoms with Crippen molar-refractivity contribution >= 4 is 17.5 Å². The Morgan fingerprint density at radius 1 is 1.33 bits per heavy atom. The molecule has 1 amide bonds. The van der Waals surface area contributed by atoms with Crippen LogP contribution in [0.5, 0.6) is 0 Å². The SMILES string of the molecule is CC(C)CNC(=O)CCc1nnc(-c2ccccc2Cl)o1. The number of carbonyl (C=O) groups is 1. The van der Waals surface area contributed by atoms with Gasteiger partial charge in [-0.2, -0.15) is 0 Å². The average Bonchev–Trinajstić information content (AvgIpc) is 2.92. The van der Waals surface area contributed by atoms with Crippen molar-refractivity contribution in [2.45, 2.75) is 26.7 Å². The Morgan fingerprint density at radius 2 is 2.10 bits per heavy atom. The smallest absolute Gasteiger partial charge is 0.249 e. The van der Waals surface area contributed by atoms with Gasteiger partial charge in [-0.25, -0.2) is 0 Å². The van der Waals surface area contributed by atoms with Gasteiger partial charge in [-0.05, 0) is 18.1 Å². The van der Waals surface area contributed by atoms with Gasteiger partial charge in [-0.1, -0.05) is 37.6 Å². The van der Waals surface area contributed by atoms with Gasteiger partial charge in [0, 0.05) is 19.4 Å². The van der Waals surface area contributed by atoms with E-state index < -0.39 is 0 Å². The molecule has 1 aromatic carbocycles. The highest BCUT2D eigenvalue weighted by molar-refractivity contribution is 6.33. The molecule has 5 nitrogen and oxygen atoms in total. The minimum atomic E-state index is -0.0128. The quantitative estimate of drug-likeness (QED) is 0.890. The summed E-state index contributed by atoms with van der Waals surface area (Å²) < 4.78 is 5.54. The van der Waals surface area contributed by atoms with Crippen LogP contribution in [-0.4, -0.2) is 22.6 Å². The molecule has 0 bridgehead atoms. The van der Waals surface area contributed by atoms with Gasteiger partial charge < -0.3 is 9.73 Å². The van der Waals surface area contributed by atoms with Gasteiger partial charge in [-0.15, -0.1) is 10.2 Å². The Bertz CT molecular complexity index is 610. The van der Waals surface area contributed by atoms with Crippen molar-refractivity contribution < 1.29 is 9.21 Å². The van der Waals surface area contributed by atoms with Gasteiger partial charge in [0.25, 0.3) is 0 Å². The molecule has 0 spiro atoms. The normalized spacial score (nSPS) is 10.9. The minimum absolute atomic E-state index is 0.0128. The molecule has 0 aliphatic heterocycles. The second-order valence-electron chi connectivity index (χ2n) is 5.18. The third-order valence-electron chi connectivity index (χ3n) is 2.84. The molecule has 0 atom stereocenters. The zero-order valence-electron chi connectivity index (χ0n) is 12.1. The van der Waals surface area contributed by atoms with Crippen molar-refractivity contribution in [3.8, 4) is 11.5 Å². The van der Waals surface area contributed by atoms with Gasteiger partial charge in [-0.3, -0.25) is 4.79 Å². The number of benzene rings is 1. The average molecular weight is 308 g/mol. The molecule has 0 saturated heterocycles. The van der Waals surface area contributed by atoms with Crippen molar-refractivity contribution in [1.29, 1.82) is 0 Å². The van der Waals surface area contributed by atoms with Crippen LogP contribution in [0.4, 0.5) is 0 Å². The van der Waals surface area contributed by atoms with E-state index in [1.165, 1.54) is 0 Å². The van der Waals surface area contributed by atoms with Gasteiger partial charge in [0.05, 0.1) is 10.6 Å². The van der Waals surface area contributed by atoms with Crippen molar-refractivity contribution in [2.24, 2.45) is 5.92 Å². The third kappa shape index (κ3) is 4.56. The zero-order chi connectivity index (χ0) is 15.2. The van der Waals surface area contributed by atoms with Crippen LogP contribution in [0.15, 0.2) is 28.7 Å². The first-order valence-electron chi connectivity index (χ1n) is 6.90. The highest BCUT2D eigenvalue weighted by Gasteiger charge is 2.12. The first-order valence-corrected chi connectivity index (χ1v) is 7.28. The second-order valence-corrected chi connectivity index (χ2v) is 5.59. The Labute approximate surface area is 128 Å². The van der Waals surface area contributed by atoms with Crippen LogP contribution in [0.1, 0.15) is 26.2 Å². The summed E-state index contributed by atoms with van der Waals surface area (Å²) in [4.78, 5) is 11.6. The lowest BCUT2D eigenvalue weighted by molar-refractivity contribution is -0.121. The van der Waals surface area contributed by atoms with Crippen LogP contribution in [0.25, 0.3) is 11.5 Å². The number of halogens is 1. The highest BCUT2D eigenvalue weighted by Crippen LogP contribution is 2.26. The maximum absolute atomic E-state index is 11.6. The molecular weight excluding hydrogens is 290 g/mol. The molecule has 1 aromatic heterocycles. The summed E-state index contributed by atoms with van der Waals surface area (Å²) in [5.41, 5.74) is 0.696. The molecule has 0 unspecified atom stereocenters. The van der Waals surface area contributed by atoms with Crippen LogP contribution in [0, 0.1) is 5.92 Å². The van der Waals surface area contributed by atoms with Gasteiger partial charge in [0.15, 0.2) is 0 Å². The number of nitrogens with zero attached hydrogens (tertiary/aromatic N) is 2. The van der Waals surface area contributed by atoms with Gasteiger partial charge in [0.2, 0.25) is 17.7 Å². The Morgan fingerprint density at radius 3 is 2.81 bits per heavy atom. The molecule has 0 aliphatic rings. The number of rotatable bonds is 6. The molecule has 2 rings (SSSR count). The fraction of sp³-hybridized carbons (Fsp3) is 0.400. The number of aryl methyl sites for hydroxylation is 1. The molecule has 6 heteroatoms. The number of amides is 1. The second kappa shape index (κ2) is 7.22. The molecule has 1 N–H and O–H groups in total. The van der Waals surface area contributed by atoms with E-state index in [2.05, 4.69) is 15.5 Å². The summed E-state index contributed by atoms with van der Waals surface area (Å²) in [6.07, 6.45) is 0.748. The number of carbonyl (C=O) groups excluding carboxylic acids is 1. The number of nitrogens with one attached hydrogen (secondary N) is 1. The Balaban J connectivity index is 1.92. The Hall–Kier alpha value is -1.88. The molecule has 21 heavy (non-hydrogen) atoms. The third-order valence-corrected chi connectivity index (χ3v) is 3.17. The van der Waals surface area contributed by atoms with Crippen molar-refractivity contribution in [3.63, 3.8) is 0 Å². The van der Waals surface area contributed by atoms with Crippen molar-refractivity contribution in [2.75, 3.05) is 6.54 Å². The van der Waals surface area contributed by atoms with E-state index in [0.29, 0.717) is 47.7 Å². The van der Waals surface area contributed by atoms with E-state index in [-0.39, 0.29) is 5.91 Å². The maximum atomic E-state index is 11.6. The monoisotopic (exact) mass is 307 g/mol. The van der Waals surface area contributed by atoms with Crippen molar-refractivity contribution in [3.05, 3.63) is 35.2 Å². The molecule has 0 radical (unpaired) electrons. The summed E-state index contributed by atoms with van der Waals surface area (Å²) in [6, 6.07) is 7.27. The van der Waals surface area contributed by atoms with Gasteiger partial charge >= 0.3 is 0 Å². The molecular formula is C15H18ClN3O2. The maximum Gasteiger partial charge on any atom is 0.249 e. The van der Waals surface area contributed by atoms with Crippen LogP contribution in [0.2, 0.25) is 5.02 Å². The van der Waals surface area contributed by atoms with E-state index in [1.54, 1.807) is 6.07 Å². The van der Waals surface area contributed by atoms with E-state index in [1.807, 2.05) is 32.0 Å². The van der Waals surface area contributed by atoms with Crippen LogP contribution in [0.3, 0.4) is 0 Å². The lowest BCUT2D eigenvalue weighted by atomic mass is 10.2. The zero-order valence-corrected chi connectivity index (χ0v) is 12.9. The first-order chi connectivity index (χ1) is 10.1. The highest BCUT2D eigenvalue weighted by atomic mass is 35.5. The van der Waals surface area contributed by atoms with E-state index in [9.17, 15) is 4.79 Å². The van der Waals surface area contributed by atoms with Crippen LogP contribution in [-0.2, 0) is 11.2 Å². The summed E-state index contributed by atoms with van der Waals surface area (Å²) in [6.45, 7) is 4.77. The van der Waals surface area contributed by atoms with Crippen molar-refractivity contribution in [1.82, 2.24) is 15.5 Å². The number of hydrogen-bond donors (Lipinski definition) is 1. The van der Waals surface area contributed by atoms with E-state index in [4.69, 9.17) is 16.0 Å². The summed E-state index contributed by atoms with van der Waals surface area (Å²) in [5.74, 6) is 1.23. The lowest BCUT2D eigenvalue weighted by Gasteiger charge is -2.06. The fourth-order valence-electron chi connectivity index (χ4n) is 1.72. The molecule has 1 heterocycles. The van der Waals surface area contributed by atoms with E-state index >= 15 is 0 Å². The predicted octanol–water partition coefficient (Wildman–Crippen LogP) is 3.09. The lowest BCUT2D eigenvalue weighted by Crippen LogP contribution is -2.27. The topological polar surface area (TPSA) is 68.0 Å².